The second kappa shape index (κ2) is 10.7. The van der Waals surface area contributed by atoms with Crippen molar-refractivity contribution in [2.75, 3.05) is 31.1 Å². The number of nitrogens with zero attached hydrogens (tertiary/aromatic N) is 4. The lowest BCUT2D eigenvalue weighted by molar-refractivity contribution is -0.127. The van der Waals surface area contributed by atoms with E-state index in [1.54, 1.807) is 4.90 Å². The highest BCUT2D eigenvalue weighted by molar-refractivity contribution is 5.85. The molecule has 37 heavy (non-hydrogen) atoms. The number of fused-ring (bicyclic) bond motifs is 1. The van der Waals surface area contributed by atoms with E-state index < -0.39 is 5.60 Å². The summed E-state index contributed by atoms with van der Waals surface area (Å²) in [7, 11) is 0. The van der Waals surface area contributed by atoms with E-state index in [9.17, 15) is 9.59 Å². The Bertz CT molecular complexity index is 1130. The Morgan fingerprint density at radius 3 is 2.62 bits per heavy atom. The summed E-state index contributed by atoms with van der Waals surface area (Å²) < 4.78 is 17.2. The molecule has 1 aromatic heterocycles. The third kappa shape index (κ3) is 6.21. The fourth-order valence-electron chi connectivity index (χ4n) is 5.15. The number of carbonyl (C=O) groups excluding carboxylic acids is 2. The maximum atomic E-state index is 12.5. The third-order valence-corrected chi connectivity index (χ3v) is 6.99. The summed E-state index contributed by atoms with van der Waals surface area (Å²) in [5, 5.41) is 0. The zero-order chi connectivity index (χ0) is 26.0. The molecule has 0 radical (unpaired) electrons. The topological polar surface area (TPSA) is 94.1 Å². The van der Waals surface area contributed by atoms with Crippen molar-refractivity contribution in [2.45, 2.75) is 77.1 Å². The summed E-state index contributed by atoms with van der Waals surface area (Å²) in [6.45, 7) is 8.30. The van der Waals surface area contributed by atoms with E-state index in [-0.39, 0.29) is 24.1 Å². The number of anilines is 2. The summed E-state index contributed by atoms with van der Waals surface area (Å²) in [4.78, 5) is 37.6. The Labute approximate surface area is 218 Å². The average molecular weight is 509 g/mol. The number of aromatic nitrogens is 2. The molecule has 0 spiro atoms. The normalized spacial score (nSPS) is 20.1. The monoisotopic (exact) mass is 508 g/mol. The molecule has 0 saturated carbocycles. The van der Waals surface area contributed by atoms with Gasteiger partial charge < -0.3 is 24.0 Å². The second-order valence-corrected chi connectivity index (χ2v) is 11.0. The Kier molecular flexibility index (Phi) is 7.33. The van der Waals surface area contributed by atoms with Crippen LogP contribution in [0.1, 0.15) is 57.6 Å². The molecule has 1 unspecified atom stereocenters. The molecular formula is C28H36N4O5. The molecule has 1 amide bonds. The van der Waals surface area contributed by atoms with Crippen molar-refractivity contribution >= 4 is 23.4 Å². The number of likely N-dealkylation sites (tertiary alicyclic amines) is 1. The molecular weight excluding hydrogens is 472 g/mol. The predicted molar refractivity (Wildman–Crippen MR) is 138 cm³/mol. The van der Waals surface area contributed by atoms with Gasteiger partial charge in [0.15, 0.2) is 5.78 Å². The highest BCUT2D eigenvalue weighted by Crippen LogP contribution is 2.35. The van der Waals surface area contributed by atoms with Crippen LogP contribution in [0.5, 0.6) is 5.88 Å². The van der Waals surface area contributed by atoms with Crippen LogP contribution in [0.15, 0.2) is 30.6 Å². The Balaban J connectivity index is 1.18. The first-order valence-electron chi connectivity index (χ1n) is 13.3. The van der Waals surface area contributed by atoms with Crippen LogP contribution in [-0.2, 0) is 27.1 Å². The molecule has 9 heteroatoms. The number of benzene rings is 1. The molecule has 0 aliphatic carbocycles. The van der Waals surface area contributed by atoms with Crippen LogP contribution in [0.2, 0.25) is 0 Å². The van der Waals surface area contributed by atoms with Crippen LogP contribution >= 0.6 is 0 Å². The molecule has 198 valence electrons. The molecule has 2 fully saturated rings. The van der Waals surface area contributed by atoms with Gasteiger partial charge in [-0.05, 0) is 57.2 Å². The summed E-state index contributed by atoms with van der Waals surface area (Å²) in [5.41, 5.74) is 2.85. The quantitative estimate of drug-likeness (QED) is 0.572. The zero-order valence-electron chi connectivity index (χ0n) is 21.9. The van der Waals surface area contributed by atoms with E-state index in [1.807, 2.05) is 32.9 Å². The second-order valence-electron chi connectivity index (χ2n) is 11.0. The van der Waals surface area contributed by atoms with Crippen LogP contribution in [0.3, 0.4) is 0 Å². The molecule has 1 aromatic carbocycles. The van der Waals surface area contributed by atoms with Gasteiger partial charge in [0.05, 0.1) is 0 Å². The van der Waals surface area contributed by atoms with Gasteiger partial charge in [-0.25, -0.2) is 14.8 Å². The van der Waals surface area contributed by atoms with Gasteiger partial charge in [0, 0.05) is 57.3 Å². The molecule has 1 atom stereocenters. The standard InChI is InChI=1S/C28H36N4O5/c1-28(2,3)37-27(34)31-11-9-21(10-12-31)36-26-17-25(29-18-30-26)32-13-8-20-15-19(6-7-22(20)32)16-23(33)24-5-4-14-35-24/h6-7,15,17-18,21,24H,4-5,8-14,16H2,1-3H3. The first-order chi connectivity index (χ1) is 17.7. The Morgan fingerprint density at radius 2 is 1.89 bits per heavy atom. The van der Waals surface area contributed by atoms with Gasteiger partial charge >= 0.3 is 6.09 Å². The van der Waals surface area contributed by atoms with Crippen LogP contribution < -0.4 is 9.64 Å². The molecule has 9 nitrogen and oxygen atoms in total. The lowest BCUT2D eigenvalue weighted by Crippen LogP contribution is -2.44. The first-order valence-corrected chi connectivity index (χ1v) is 13.3. The minimum atomic E-state index is -0.501. The van der Waals surface area contributed by atoms with Crippen molar-refractivity contribution in [3.8, 4) is 5.88 Å². The van der Waals surface area contributed by atoms with E-state index in [0.29, 0.717) is 32.0 Å². The zero-order valence-corrected chi connectivity index (χ0v) is 21.9. The van der Waals surface area contributed by atoms with Crippen LogP contribution in [0, 0.1) is 0 Å². The highest BCUT2D eigenvalue weighted by atomic mass is 16.6. The molecule has 3 aliphatic rings. The SMILES string of the molecule is CC(C)(C)OC(=O)N1CCC(Oc2cc(N3CCc4cc(CC(=O)C5CCCO5)ccc43)ncn2)CC1. The van der Waals surface area contributed by atoms with Crippen LogP contribution in [0.4, 0.5) is 16.3 Å². The number of hydrogen-bond acceptors (Lipinski definition) is 8. The maximum Gasteiger partial charge on any atom is 0.410 e. The van der Waals surface area contributed by atoms with Gasteiger partial charge in [0.1, 0.15) is 30.0 Å². The predicted octanol–water partition coefficient (Wildman–Crippen LogP) is 4.24. The van der Waals surface area contributed by atoms with E-state index >= 15 is 0 Å². The number of Topliss-reactive ketones (excluding diaryl/α,β-unsaturated/α-hetero) is 1. The summed E-state index contributed by atoms with van der Waals surface area (Å²) >= 11 is 0. The molecule has 4 heterocycles. The molecule has 5 rings (SSSR count). The molecule has 0 N–H and O–H groups in total. The van der Waals surface area contributed by atoms with Crippen molar-refractivity contribution in [3.05, 3.63) is 41.7 Å². The third-order valence-electron chi connectivity index (χ3n) is 6.99. The van der Waals surface area contributed by atoms with Crippen molar-refractivity contribution in [1.82, 2.24) is 14.9 Å². The Hall–Kier alpha value is -3.20. The van der Waals surface area contributed by atoms with Gasteiger partial charge in [-0.3, -0.25) is 4.79 Å². The minimum Gasteiger partial charge on any atom is -0.474 e. The number of ether oxygens (including phenoxy) is 3. The van der Waals surface area contributed by atoms with Crippen molar-refractivity contribution in [2.24, 2.45) is 0 Å². The largest absolute Gasteiger partial charge is 0.474 e. The molecule has 2 aromatic rings. The lowest BCUT2D eigenvalue weighted by Gasteiger charge is -2.33. The van der Waals surface area contributed by atoms with Crippen molar-refractivity contribution in [1.29, 1.82) is 0 Å². The number of hydrogen-bond donors (Lipinski definition) is 0. The summed E-state index contributed by atoms with van der Waals surface area (Å²) in [5.74, 6) is 1.49. The lowest BCUT2D eigenvalue weighted by atomic mass is 10.0. The van der Waals surface area contributed by atoms with Gasteiger partial charge in [-0.15, -0.1) is 0 Å². The van der Waals surface area contributed by atoms with E-state index in [4.69, 9.17) is 14.2 Å². The van der Waals surface area contributed by atoms with Crippen molar-refractivity contribution in [3.63, 3.8) is 0 Å². The average Bonchev–Trinajstić information content (AvgIpc) is 3.54. The number of amides is 1. The highest BCUT2D eigenvalue weighted by Gasteiger charge is 2.29. The molecule has 3 aliphatic heterocycles. The van der Waals surface area contributed by atoms with Gasteiger partial charge in [0.25, 0.3) is 0 Å². The number of carbonyl (C=O) groups is 2. The molecule has 0 bridgehead atoms. The maximum absolute atomic E-state index is 12.5. The summed E-state index contributed by atoms with van der Waals surface area (Å²) in [6, 6.07) is 8.12. The summed E-state index contributed by atoms with van der Waals surface area (Å²) in [6.07, 6.45) is 5.54. The van der Waals surface area contributed by atoms with Crippen molar-refractivity contribution < 1.29 is 23.8 Å². The molecule has 2 saturated heterocycles. The van der Waals surface area contributed by atoms with E-state index in [2.05, 4.69) is 27.0 Å². The minimum absolute atomic E-state index is 0.0174. The number of piperidine rings is 1. The fourth-order valence-corrected chi connectivity index (χ4v) is 5.15. The smallest absolute Gasteiger partial charge is 0.410 e. The van der Waals surface area contributed by atoms with E-state index in [1.165, 1.54) is 11.9 Å². The first kappa shape index (κ1) is 25.4. The Morgan fingerprint density at radius 1 is 1.08 bits per heavy atom. The van der Waals surface area contributed by atoms with Crippen LogP contribution in [0.25, 0.3) is 0 Å². The number of ketones is 1. The van der Waals surface area contributed by atoms with Crippen LogP contribution in [-0.4, -0.2) is 70.8 Å². The van der Waals surface area contributed by atoms with Gasteiger partial charge in [0.2, 0.25) is 5.88 Å². The number of rotatable bonds is 6. The van der Waals surface area contributed by atoms with Gasteiger partial charge in [-0.1, -0.05) is 12.1 Å². The van der Waals surface area contributed by atoms with Gasteiger partial charge in [-0.2, -0.15) is 0 Å². The van der Waals surface area contributed by atoms with E-state index in [0.717, 1.165) is 55.7 Å². The fraction of sp³-hybridized carbons (Fsp3) is 0.571.